The molecule has 4 aromatic rings. The molecule has 0 aliphatic carbocycles. The van der Waals surface area contributed by atoms with Crippen LogP contribution < -0.4 is 10.1 Å². The number of nitrogens with one attached hydrogen (secondary N) is 1. The summed E-state index contributed by atoms with van der Waals surface area (Å²) in [7, 11) is 1.65. The van der Waals surface area contributed by atoms with Gasteiger partial charge in [0, 0.05) is 17.3 Å². The van der Waals surface area contributed by atoms with Gasteiger partial charge in [-0.25, -0.2) is 9.97 Å². The van der Waals surface area contributed by atoms with Crippen LogP contribution in [0.15, 0.2) is 54.9 Å². The Balaban J connectivity index is 1.67. The lowest BCUT2D eigenvalue weighted by molar-refractivity contribution is 0.416. The molecule has 0 spiro atoms. The van der Waals surface area contributed by atoms with E-state index in [2.05, 4.69) is 24.0 Å². The van der Waals surface area contributed by atoms with Crippen molar-refractivity contribution in [1.29, 1.82) is 0 Å². The van der Waals surface area contributed by atoms with Gasteiger partial charge < -0.3 is 10.1 Å². The fourth-order valence-electron chi connectivity index (χ4n) is 2.44. The van der Waals surface area contributed by atoms with Crippen molar-refractivity contribution in [1.82, 2.24) is 18.7 Å². The van der Waals surface area contributed by atoms with Gasteiger partial charge in [0.2, 0.25) is 0 Å². The van der Waals surface area contributed by atoms with Crippen molar-refractivity contribution in [3.63, 3.8) is 0 Å². The molecule has 7 heteroatoms. The van der Waals surface area contributed by atoms with Crippen molar-refractivity contribution in [3.8, 4) is 17.0 Å². The second-order valence-corrected chi connectivity index (χ2v) is 5.61. The topological polar surface area (TPSA) is 72.8 Å². The van der Waals surface area contributed by atoms with E-state index in [1.165, 1.54) is 18.1 Å². The minimum absolute atomic E-state index is 0.702. The lowest BCUT2D eigenvalue weighted by Gasteiger charge is -2.09. The van der Waals surface area contributed by atoms with Gasteiger partial charge in [0.05, 0.1) is 24.5 Å². The average Bonchev–Trinajstić information content (AvgIpc) is 3.10. The van der Waals surface area contributed by atoms with Crippen molar-refractivity contribution >= 4 is 34.3 Å². The predicted octanol–water partition coefficient (Wildman–Crippen LogP) is 3.90. The fourth-order valence-corrected chi connectivity index (χ4v) is 2.95. The number of rotatable bonds is 4. The van der Waals surface area contributed by atoms with E-state index in [4.69, 9.17) is 4.74 Å². The van der Waals surface area contributed by atoms with E-state index in [9.17, 15) is 0 Å². The number of para-hydroxylation sites is 1. The summed E-state index contributed by atoms with van der Waals surface area (Å²) in [6.45, 7) is 0. The molecule has 1 N–H and O–H groups in total. The third-order valence-corrected chi connectivity index (χ3v) is 4.13. The van der Waals surface area contributed by atoms with Crippen LogP contribution in [0.4, 0.5) is 11.5 Å². The molecule has 0 unspecified atom stereocenters. The summed E-state index contributed by atoms with van der Waals surface area (Å²) in [5, 5.41) is 3.28. The van der Waals surface area contributed by atoms with Crippen LogP contribution in [0.5, 0.6) is 5.75 Å². The highest BCUT2D eigenvalue weighted by Crippen LogP contribution is 2.29. The monoisotopic (exact) mass is 335 g/mol. The minimum atomic E-state index is 0.702. The minimum Gasteiger partial charge on any atom is -0.496 e. The molecule has 118 valence electrons. The number of anilines is 2. The van der Waals surface area contributed by atoms with Gasteiger partial charge in [-0.15, -0.1) is 0 Å². The zero-order chi connectivity index (χ0) is 16.4. The Bertz CT molecular complexity index is 1000. The highest BCUT2D eigenvalue weighted by Gasteiger charge is 2.08. The van der Waals surface area contributed by atoms with Crippen molar-refractivity contribution in [2.24, 2.45) is 0 Å². The lowest BCUT2D eigenvalue weighted by Crippen LogP contribution is -1.96. The highest BCUT2D eigenvalue weighted by molar-refractivity contribution is 7.00. The number of aromatic nitrogens is 4. The number of hydrogen-bond acceptors (Lipinski definition) is 7. The zero-order valence-corrected chi connectivity index (χ0v) is 13.6. The molecule has 0 amide bonds. The quantitative estimate of drug-likeness (QED) is 0.610. The number of hydrogen-bond donors (Lipinski definition) is 1. The fraction of sp³-hybridized carbons (Fsp3) is 0.0588. The van der Waals surface area contributed by atoms with Crippen LogP contribution in [-0.2, 0) is 0 Å². The molecular weight excluding hydrogens is 322 g/mol. The first-order valence-corrected chi connectivity index (χ1v) is 8.01. The molecule has 0 aliphatic rings. The van der Waals surface area contributed by atoms with Crippen molar-refractivity contribution in [2.75, 3.05) is 12.4 Å². The summed E-state index contributed by atoms with van der Waals surface area (Å²) in [6, 6.07) is 15.5. The first-order valence-electron chi connectivity index (χ1n) is 7.28. The van der Waals surface area contributed by atoms with E-state index >= 15 is 0 Å². The normalized spacial score (nSPS) is 10.7. The summed E-state index contributed by atoms with van der Waals surface area (Å²) in [5.41, 5.74) is 4.37. The molecule has 0 fully saturated rings. The molecule has 0 aliphatic heterocycles. The summed E-state index contributed by atoms with van der Waals surface area (Å²) in [6.07, 6.45) is 1.53. The SMILES string of the molecule is COc1ccccc1-c1cc(Nc2ccc3nsnc3c2)ncn1. The van der Waals surface area contributed by atoms with E-state index in [1.807, 2.05) is 48.5 Å². The van der Waals surface area contributed by atoms with Gasteiger partial charge >= 0.3 is 0 Å². The molecule has 0 atom stereocenters. The summed E-state index contributed by atoms with van der Waals surface area (Å²) < 4.78 is 13.9. The van der Waals surface area contributed by atoms with Gasteiger partial charge in [-0.3, -0.25) is 0 Å². The Morgan fingerprint density at radius 3 is 2.75 bits per heavy atom. The van der Waals surface area contributed by atoms with Crippen LogP contribution in [0.2, 0.25) is 0 Å². The second kappa shape index (κ2) is 6.21. The molecule has 4 rings (SSSR count). The molecule has 0 radical (unpaired) electrons. The largest absolute Gasteiger partial charge is 0.496 e. The van der Waals surface area contributed by atoms with Gasteiger partial charge in [0.15, 0.2) is 0 Å². The number of fused-ring (bicyclic) bond motifs is 1. The molecule has 2 aromatic heterocycles. The summed E-state index contributed by atoms with van der Waals surface area (Å²) in [4.78, 5) is 8.64. The van der Waals surface area contributed by atoms with Gasteiger partial charge in [0.1, 0.15) is 28.9 Å². The predicted molar refractivity (Wildman–Crippen MR) is 94.7 cm³/mol. The van der Waals surface area contributed by atoms with Crippen LogP contribution in [0.3, 0.4) is 0 Å². The van der Waals surface area contributed by atoms with E-state index in [1.54, 1.807) is 7.11 Å². The van der Waals surface area contributed by atoms with Crippen molar-refractivity contribution < 1.29 is 4.74 Å². The zero-order valence-electron chi connectivity index (χ0n) is 12.8. The van der Waals surface area contributed by atoms with Gasteiger partial charge in [-0.05, 0) is 30.3 Å². The number of nitrogens with zero attached hydrogens (tertiary/aromatic N) is 4. The standard InChI is InChI=1S/C17H13N5OS/c1-23-16-5-3-2-4-12(16)14-9-17(19-10-18-14)20-11-6-7-13-15(8-11)22-24-21-13/h2-10H,1H3,(H,18,19,20). The Morgan fingerprint density at radius 2 is 1.83 bits per heavy atom. The molecule has 0 saturated heterocycles. The average molecular weight is 335 g/mol. The highest BCUT2D eigenvalue weighted by atomic mass is 32.1. The van der Waals surface area contributed by atoms with E-state index in [-0.39, 0.29) is 0 Å². The Labute approximate surface area is 142 Å². The van der Waals surface area contributed by atoms with Crippen LogP contribution in [0.1, 0.15) is 0 Å². The number of benzene rings is 2. The lowest BCUT2D eigenvalue weighted by atomic mass is 10.1. The summed E-state index contributed by atoms with van der Waals surface area (Å²) in [5.74, 6) is 1.48. The molecule has 2 heterocycles. The number of methoxy groups -OCH3 is 1. The maximum absolute atomic E-state index is 5.40. The van der Waals surface area contributed by atoms with E-state index in [0.29, 0.717) is 5.82 Å². The second-order valence-electron chi connectivity index (χ2n) is 5.08. The van der Waals surface area contributed by atoms with Gasteiger partial charge in [0.25, 0.3) is 0 Å². The van der Waals surface area contributed by atoms with E-state index < -0.39 is 0 Å². The molecule has 0 saturated carbocycles. The Hall–Kier alpha value is -3.06. The smallest absolute Gasteiger partial charge is 0.134 e. The third-order valence-electron chi connectivity index (χ3n) is 3.58. The van der Waals surface area contributed by atoms with Crippen LogP contribution in [-0.4, -0.2) is 25.8 Å². The van der Waals surface area contributed by atoms with Crippen LogP contribution in [0, 0.1) is 0 Å². The van der Waals surface area contributed by atoms with Gasteiger partial charge in [-0.1, -0.05) is 12.1 Å². The first kappa shape index (κ1) is 14.5. The maximum atomic E-state index is 5.40. The van der Waals surface area contributed by atoms with Gasteiger partial charge in [-0.2, -0.15) is 8.75 Å². The maximum Gasteiger partial charge on any atom is 0.134 e. The third kappa shape index (κ3) is 2.77. The van der Waals surface area contributed by atoms with E-state index in [0.717, 1.165) is 33.7 Å². The molecular formula is C17H13N5OS. The molecule has 2 aromatic carbocycles. The number of ether oxygens (including phenoxy) is 1. The summed E-state index contributed by atoms with van der Waals surface area (Å²) >= 11 is 1.20. The first-order chi connectivity index (χ1) is 11.8. The van der Waals surface area contributed by atoms with Crippen molar-refractivity contribution in [3.05, 3.63) is 54.9 Å². The van der Waals surface area contributed by atoms with Crippen LogP contribution in [0.25, 0.3) is 22.3 Å². The molecule has 24 heavy (non-hydrogen) atoms. The molecule has 0 bridgehead atoms. The van der Waals surface area contributed by atoms with Crippen LogP contribution >= 0.6 is 11.7 Å². The molecule has 6 nitrogen and oxygen atoms in total. The Morgan fingerprint density at radius 1 is 0.958 bits per heavy atom. The van der Waals surface area contributed by atoms with Crippen molar-refractivity contribution in [2.45, 2.75) is 0 Å². The Kier molecular flexibility index (Phi) is 3.76.